The Morgan fingerprint density at radius 2 is 1.90 bits per heavy atom. The van der Waals surface area contributed by atoms with Crippen LogP contribution >= 0.6 is 12.6 Å². The number of hydrogen-bond acceptors (Lipinski definition) is 4. The summed E-state index contributed by atoms with van der Waals surface area (Å²) in [5.41, 5.74) is 0. The van der Waals surface area contributed by atoms with Gasteiger partial charge in [-0.25, -0.2) is 0 Å². The van der Waals surface area contributed by atoms with Gasteiger partial charge in [-0.05, 0) is 0 Å². The topological polar surface area (TPSA) is 74.6 Å². The summed E-state index contributed by atoms with van der Waals surface area (Å²) in [6.07, 6.45) is -1.08. The molecule has 4 nitrogen and oxygen atoms in total. The summed E-state index contributed by atoms with van der Waals surface area (Å²) in [6.45, 7) is 0. The molecule has 0 aliphatic heterocycles. The SMILES string of the molecule is O=S(=O)(O)CC(O)CS.[Na]. The van der Waals surface area contributed by atoms with Gasteiger partial charge >= 0.3 is 0 Å². The van der Waals surface area contributed by atoms with Gasteiger partial charge in [0, 0.05) is 35.3 Å². The molecule has 0 aliphatic carbocycles. The van der Waals surface area contributed by atoms with Crippen LogP contribution in [0.15, 0.2) is 0 Å². The first kappa shape index (κ1) is 13.8. The van der Waals surface area contributed by atoms with Gasteiger partial charge in [-0.15, -0.1) is 0 Å². The Labute approximate surface area is 87.5 Å². The predicted octanol–water partition coefficient (Wildman–Crippen LogP) is -1.22. The third-order valence-electron chi connectivity index (χ3n) is 0.614. The molecule has 1 atom stereocenters. The second-order valence-corrected chi connectivity index (χ2v) is 3.45. The quantitative estimate of drug-likeness (QED) is 0.300. The Morgan fingerprint density at radius 1 is 1.50 bits per heavy atom. The molecule has 0 aromatic rings. The van der Waals surface area contributed by atoms with Crippen LogP contribution in [0.1, 0.15) is 0 Å². The van der Waals surface area contributed by atoms with Gasteiger partial charge in [-0.1, -0.05) is 0 Å². The van der Waals surface area contributed by atoms with E-state index in [0.717, 1.165) is 0 Å². The fraction of sp³-hybridized carbons (Fsp3) is 1.00. The molecule has 10 heavy (non-hydrogen) atoms. The van der Waals surface area contributed by atoms with Gasteiger partial charge in [0.15, 0.2) is 0 Å². The van der Waals surface area contributed by atoms with Crippen LogP contribution in [-0.4, -0.2) is 65.2 Å². The molecule has 2 N–H and O–H groups in total. The van der Waals surface area contributed by atoms with Crippen LogP contribution in [0.3, 0.4) is 0 Å². The number of thiol groups is 1. The summed E-state index contributed by atoms with van der Waals surface area (Å²) in [7, 11) is -4.03. The third-order valence-corrected chi connectivity index (χ3v) is 1.84. The maximum absolute atomic E-state index is 9.96. The first-order valence-corrected chi connectivity index (χ1v) is 4.44. The van der Waals surface area contributed by atoms with Gasteiger partial charge in [0.1, 0.15) is 5.75 Å². The summed E-state index contributed by atoms with van der Waals surface area (Å²) in [5, 5.41) is 8.58. The predicted molar refractivity (Wildman–Crippen MR) is 42.0 cm³/mol. The fourth-order valence-corrected chi connectivity index (χ4v) is 1.20. The summed E-state index contributed by atoms with van der Waals surface area (Å²) in [5.74, 6) is -0.615. The van der Waals surface area contributed by atoms with E-state index in [1.807, 2.05) is 0 Å². The van der Waals surface area contributed by atoms with E-state index in [2.05, 4.69) is 12.6 Å². The molecule has 1 radical (unpaired) electrons. The van der Waals surface area contributed by atoms with E-state index in [1.165, 1.54) is 0 Å². The minimum absolute atomic E-state index is 0. The molecule has 0 heterocycles. The average Bonchev–Trinajstić information content (AvgIpc) is 1.62. The second kappa shape index (κ2) is 5.82. The molecule has 0 saturated carbocycles. The van der Waals surface area contributed by atoms with Crippen LogP contribution < -0.4 is 0 Å². The van der Waals surface area contributed by atoms with E-state index in [9.17, 15) is 8.42 Å². The Bertz CT molecular complexity index is 165. The van der Waals surface area contributed by atoms with Gasteiger partial charge in [0.05, 0.1) is 6.10 Å². The van der Waals surface area contributed by atoms with Gasteiger partial charge in [0.25, 0.3) is 10.1 Å². The van der Waals surface area contributed by atoms with Crippen molar-refractivity contribution in [1.82, 2.24) is 0 Å². The third kappa shape index (κ3) is 9.22. The standard InChI is InChI=1S/C3H8O4S2.Na/c4-3(1-8)2-9(5,6)7;/h3-4,8H,1-2H2,(H,5,6,7);. The van der Waals surface area contributed by atoms with E-state index in [4.69, 9.17) is 9.66 Å². The van der Waals surface area contributed by atoms with E-state index in [1.54, 1.807) is 0 Å². The first-order chi connectivity index (χ1) is 3.95. The van der Waals surface area contributed by atoms with Crippen molar-refractivity contribution in [1.29, 1.82) is 0 Å². The minimum atomic E-state index is -4.03. The maximum Gasteiger partial charge on any atom is 0.267 e. The summed E-state index contributed by atoms with van der Waals surface area (Å²) in [4.78, 5) is 0. The van der Waals surface area contributed by atoms with Crippen LogP contribution in [0.25, 0.3) is 0 Å². The maximum atomic E-state index is 9.96. The average molecular weight is 195 g/mol. The molecule has 0 aromatic heterocycles. The molecule has 0 spiro atoms. The van der Waals surface area contributed by atoms with Crippen molar-refractivity contribution in [2.24, 2.45) is 0 Å². The molecule has 0 aliphatic rings. The molecule has 0 fully saturated rings. The van der Waals surface area contributed by atoms with Crippen molar-refractivity contribution in [2.75, 3.05) is 11.5 Å². The monoisotopic (exact) mass is 195 g/mol. The van der Waals surface area contributed by atoms with Gasteiger partial charge < -0.3 is 5.11 Å². The minimum Gasteiger partial charge on any atom is -0.391 e. The molecule has 0 aromatic carbocycles. The van der Waals surface area contributed by atoms with Gasteiger partial charge in [0.2, 0.25) is 0 Å². The number of hydrogen-bond donors (Lipinski definition) is 3. The van der Waals surface area contributed by atoms with Crippen molar-refractivity contribution in [3.05, 3.63) is 0 Å². The van der Waals surface area contributed by atoms with Gasteiger partial charge in [-0.3, -0.25) is 4.55 Å². The van der Waals surface area contributed by atoms with Crippen LogP contribution in [0.5, 0.6) is 0 Å². The molecule has 57 valence electrons. The number of aliphatic hydroxyl groups excluding tert-OH is 1. The van der Waals surface area contributed by atoms with Crippen molar-refractivity contribution in [3.63, 3.8) is 0 Å². The number of rotatable bonds is 3. The Morgan fingerprint density at radius 3 is 2.00 bits per heavy atom. The van der Waals surface area contributed by atoms with E-state index in [0.29, 0.717) is 0 Å². The Kier molecular flexibility index (Phi) is 8.02. The number of aliphatic hydroxyl groups is 1. The van der Waals surface area contributed by atoms with Crippen molar-refractivity contribution in [3.8, 4) is 0 Å². The molecule has 7 heteroatoms. The van der Waals surface area contributed by atoms with Crippen molar-refractivity contribution >= 4 is 52.3 Å². The smallest absolute Gasteiger partial charge is 0.267 e. The zero-order chi connectivity index (χ0) is 7.49. The second-order valence-electron chi connectivity index (χ2n) is 1.58. The van der Waals surface area contributed by atoms with Crippen molar-refractivity contribution in [2.45, 2.75) is 6.10 Å². The zero-order valence-corrected chi connectivity index (χ0v) is 9.27. The van der Waals surface area contributed by atoms with Crippen LogP contribution in [0.2, 0.25) is 0 Å². The van der Waals surface area contributed by atoms with E-state index >= 15 is 0 Å². The molecule has 0 saturated heterocycles. The van der Waals surface area contributed by atoms with Crippen LogP contribution in [0.4, 0.5) is 0 Å². The summed E-state index contributed by atoms with van der Waals surface area (Å²) >= 11 is 3.60. The van der Waals surface area contributed by atoms with E-state index < -0.39 is 22.0 Å². The molecule has 0 rings (SSSR count). The van der Waals surface area contributed by atoms with Crippen LogP contribution in [-0.2, 0) is 10.1 Å². The van der Waals surface area contributed by atoms with E-state index in [-0.39, 0.29) is 35.3 Å². The molecule has 1 unspecified atom stereocenters. The molecule has 0 amide bonds. The van der Waals surface area contributed by atoms with Crippen molar-refractivity contribution < 1.29 is 18.1 Å². The largest absolute Gasteiger partial charge is 0.391 e. The summed E-state index contributed by atoms with van der Waals surface area (Å²) < 4.78 is 28.0. The van der Waals surface area contributed by atoms with Crippen LogP contribution in [0, 0.1) is 0 Å². The molecular formula is C3H8NaO4S2. The fourth-order valence-electron chi connectivity index (χ4n) is 0.296. The molecule has 0 bridgehead atoms. The Hall–Kier alpha value is 1.22. The normalized spacial score (nSPS) is 13.9. The van der Waals surface area contributed by atoms with Gasteiger partial charge in [-0.2, -0.15) is 21.0 Å². The molecular weight excluding hydrogens is 187 g/mol. The first-order valence-electron chi connectivity index (χ1n) is 2.20. The zero-order valence-electron chi connectivity index (χ0n) is 5.56. The summed E-state index contributed by atoms with van der Waals surface area (Å²) in [6, 6.07) is 0. The Balaban J connectivity index is 0.